The van der Waals surface area contributed by atoms with Gasteiger partial charge in [-0.15, -0.1) is 0 Å². The van der Waals surface area contributed by atoms with Crippen LogP contribution in [0.25, 0.3) is 0 Å². The van der Waals surface area contributed by atoms with Gasteiger partial charge in [-0.25, -0.2) is 4.79 Å². The van der Waals surface area contributed by atoms with Crippen LogP contribution in [0, 0.1) is 25.2 Å². The van der Waals surface area contributed by atoms with Gasteiger partial charge in [0.25, 0.3) is 5.91 Å². The van der Waals surface area contributed by atoms with Crippen LogP contribution in [0.5, 0.6) is 0 Å². The van der Waals surface area contributed by atoms with E-state index in [1.54, 1.807) is 37.8 Å². The van der Waals surface area contributed by atoms with E-state index in [-0.39, 0.29) is 5.91 Å². The number of benzene rings is 3. The Labute approximate surface area is 213 Å². The van der Waals surface area contributed by atoms with E-state index < -0.39 is 17.7 Å². The zero-order valence-electron chi connectivity index (χ0n) is 21.5. The molecule has 0 saturated carbocycles. The molecule has 1 atom stereocenters. The number of carbonyl (C=O) groups excluding carboxylic acids is 2. The Balaban J connectivity index is 1.96. The highest BCUT2D eigenvalue weighted by atomic mass is 16.6. The van der Waals surface area contributed by atoms with Crippen LogP contribution in [0.3, 0.4) is 0 Å². The second kappa shape index (κ2) is 11.5. The number of nitrogens with one attached hydrogen (secondary N) is 1. The molecule has 0 aliphatic rings. The molecule has 186 valence electrons. The standard InChI is InChI=1S/C30H33N3O3/c1-21-11-16-26(19-22(21)2)33(18-17-23-12-14-24(20-31)15-13-23)28(34)27(25-9-7-6-8-10-25)32-29(35)36-30(3,4)5/h6-16,19,27H,17-18H2,1-5H3,(H,32,35). The number of carbonyl (C=O) groups is 2. The molecule has 0 radical (unpaired) electrons. The third-order valence-corrected chi connectivity index (χ3v) is 5.82. The number of nitrogens with zero attached hydrogens (tertiary/aromatic N) is 2. The van der Waals surface area contributed by atoms with Crippen molar-refractivity contribution in [2.75, 3.05) is 11.4 Å². The van der Waals surface area contributed by atoms with Crippen molar-refractivity contribution < 1.29 is 14.3 Å². The number of ether oxygens (including phenoxy) is 1. The lowest BCUT2D eigenvalue weighted by Crippen LogP contribution is -2.45. The number of hydrogen-bond donors (Lipinski definition) is 1. The van der Waals surface area contributed by atoms with E-state index in [9.17, 15) is 9.59 Å². The van der Waals surface area contributed by atoms with E-state index >= 15 is 0 Å². The van der Waals surface area contributed by atoms with Gasteiger partial charge in [-0.05, 0) is 87.6 Å². The fourth-order valence-electron chi connectivity index (χ4n) is 3.76. The van der Waals surface area contributed by atoms with Crippen molar-refractivity contribution in [3.63, 3.8) is 0 Å². The van der Waals surface area contributed by atoms with Crippen molar-refractivity contribution in [1.29, 1.82) is 5.26 Å². The molecule has 1 N–H and O–H groups in total. The van der Waals surface area contributed by atoms with Crippen molar-refractivity contribution in [1.82, 2.24) is 5.32 Å². The highest BCUT2D eigenvalue weighted by Gasteiger charge is 2.30. The molecule has 0 spiro atoms. The normalized spacial score (nSPS) is 11.8. The number of rotatable bonds is 7. The molecular formula is C30H33N3O3. The molecule has 3 rings (SSSR count). The molecule has 0 aromatic heterocycles. The lowest BCUT2D eigenvalue weighted by atomic mass is 10.0. The number of amides is 2. The van der Waals surface area contributed by atoms with E-state index in [0.29, 0.717) is 24.1 Å². The first kappa shape index (κ1) is 26.5. The summed E-state index contributed by atoms with van der Waals surface area (Å²) in [6, 6.07) is 23.6. The topological polar surface area (TPSA) is 82.4 Å². The molecule has 6 heteroatoms. The average molecular weight is 484 g/mol. The van der Waals surface area contributed by atoms with Gasteiger partial charge in [0.15, 0.2) is 0 Å². The van der Waals surface area contributed by atoms with Gasteiger partial charge >= 0.3 is 6.09 Å². The van der Waals surface area contributed by atoms with Crippen LogP contribution in [0.2, 0.25) is 0 Å². The summed E-state index contributed by atoms with van der Waals surface area (Å²) >= 11 is 0. The quantitative estimate of drug-likeness (QED) is 0.446. The minimum atomic E-state index is -0.927. The third-order valence-electron chi connectivity index (χ3n) is 5.82. The van der Waals surface area contributed by atoms with Gasteiger partial charge in [0.05, 0.1) is 11.6 Å². The van der Waals surface area contributed by atoms with Crippen LogP contribution in [-0.2, 0) is 16.0 Å². The average Bonchev–Trinajstić information content (AvgIpc) is 2.84. The van der Waals surface area contributed by atoms with E-state index in [2.05, 4.69) is 11.4 Å². The minimum Gasteiger partial charge on any atom is -0.444 e. The fraction of sp³-hybridized carbons (Fsp3) is 0.300. The van der Waals surface area contributed by atoms with Gasteiger partial charge in [0.1, 0.15) is 11.6 Å². The van der Waals surface area contributed by atoms with Gasteiger partial charge in [0.2, 0.25) is 0 Å². The van der Waals surface area contributed by atoms with E-state index in [4.69, 9.17) is 10.00 Å². The molecule has 0 saturated heterocycles. The summed E-state index contributed by atoms with van der Waals surface area (Å²) < 4.78 is 5.46. The van der Waals surface area contributed by atoms with Crippen molar-refractivity contribution in [2.24, 2.45) is 0 Å². The minimum absolute atomic E-state index is 0.260. The second-order valence-corrected chi connectivity index (χ2v) is 9.81. The SMILES string of the molecule is Cc1ccc(N(CCc2ccc(C#N)cc2)C(=O)C(NC(=O)OC(C)(C)C)c2ccccc2)cc1C. The Morgan fingerprint density at radius 1 is 0.972 bits per heavy atom. The van der Waals surface area contributed by atoms with Crippen molar-refractivity contribution in [3.05, 3.63) is 101 Å². The maximum atomic E-state index is 14.1. The molecule has 3 aromatic carbocycles. The highest BCUT2D eigenvalue weighted by Crippen LogP contribution is 2.25. The predicted molar refractivity (Wildman–Crippen MR) is 142 cm³/mol. The summed E-state index contributed by atoms with van der Waals surface area (Å²) in [5.41, 5.74) is 4.52. The van der Waals surface area contributed by atoms with Crippen molar-refractivity contribution >= 4 is 17.7 Å². The summed E-state index contributed by atoms with van der Waals surface area (Å²) in [7, 11) is 0. The molecule has 0 aliphatic heterocycles. The number of nitriles is 1. The molecule has 0 heterocycles. The van der Waals surface area contributed by atoms with E-state index in [0.717, 1.165) is 22.4 Å². The van der Waals surface area contributed by atoms with E-state index in [1.807, 2.05) is 74.5 Å². The zero-order valence-corrected chi connectivity index (χ0v) is 21.5. The maximum Gasteiger partial charge on any atom is 0.408 e. The Hall–Kier alpha value is -4.11. The molecule has 0 bridgehead atoms. The van der Waals surface area contributed by atoms with E-state index in [1.165, 1.54) is 0 Å². The van der Waals surface area contributed by atoms with Crippen LogP contribution in [0.15, 0.2) is 72.8 Å². The Bertz CT molecular complexity index is 1240. The van der Waals surface area contributed by atoms with Crippen LogP contribution in [-0.4, -0.2) is 24.1 Å². The number of aryl methyl sites for hydroxylation is 2. The first-order valence-corrected chi connectivity index (χ1v) is 12.0. The molecule has 0 fully saturated rings. The largest absolute Gasteiger partial charge is 0.444 e. The summed E-state index contributed by atoms with van der Waals surface area (Å²) in [5.74, 6) is -0.260. The molecule has 0 aliphatic carbocycles. The smallest absolute Gasteiger partial charge is 0.408 e. The number of hydrogen-bond acceptors (Lipinski definition) is 4. The van der Waals surface area contributed by atoms with Gasteiger partial charge in [-0.2, -0.15) is 5.26 Å². The Morgan fingerprint density at radius 3 is 2.22 bits per heavy atom. The molecule has 36 heavy (non-hydrogen) atoms. The van der Waals surface area contributed by atoms with Crippen LogP contribution in [0.4, 0.5) is 10.5 Å². The molecule has 2 amide bonds. The van der Waals surface area contributed by atoms with Gasteiger partial charge in [-0.3, -0.25) is 4.79 Å². The second-order valence-electron chi connectivity index (χ2n) is 9.81. The third kappa shape index (κ3) is 7.19. The summed E-state index contributed by atoms with van der Waals surface area (Å²) in [4.78, 5) is 28.5. The molecule has 1 unspecified atom stereocenters. The molecule has 6 nitrogen and oxygen atoms in total. The zero-order chi connectivity index (χ0) is 26.3. The van der Waals surface area contributed by atoms with Crippen molar-refractivity contribution in [3.8, 4) is 6.07 Å². The van der Waals surface area contributed by atoms with Gasteiger partial charge < -0.3 is 15.0 Å². The monoisotopic (exact) mass is 483 g/mol. The lowest BCUT2D eigenvalue weighted by Gasteiger charge is -2.30. The summed E-state index contributed by atoms with van der Waals surface area (Å²) in [5, 5.41) is 11.9. The first-order valence-electron chi connectivity index (χ1n) is 12.0. The van der Waals surface area contributed by atoms with Crippen LogP contribution >= 0.6 is 0 Å². The summed E-state index contributed by atoms with van der Waals surface area (Å²) in [6.45, 7) is 9.78. The van der Waals surface area contributed by atoms with Crippen LogP contribution in [0.1, 0.15) is 54.6 Å². The lowest BCUT2D eigenvalue weighted by molar-refractivity contribution is -0.120. The Kier molecular flexibility index (Phi) is 8.50. The first-order chi connectivity index (χ1) is 17.1. The highest BCUT2D eigenvalue weighted by molar-refractivity contribution is 5.99. The fourth-order valence-corrected chi connectivity index (χ4v) is 3.76. The maximum absolute atomic E-state index is 14.1. The molecule has 3 aromatic rings. The van der Waals surface area contributed by atoms with Gasteiger partial charge in [0, 0.05) is 12.2 Å². The van der Waals surface area contributed by atoms with Crippen molar-refractivity contribution in [2.45, 2.75) is 52.7 Å². The number of alkyl carbamates (subject to hydrolysis) is 1. The predicted octanol–water partition coefficient (Wildman–Crippen LogP) is 6.02. The van der Waals surface area contributed by atoms with Gasteiger partial charge in [-0.1, -0.05) is 48.5 Å². The Morgan fingerprint density at radius 2 is 1.64 bits per heavy atom. The summed E-state index contributed by atoms with van der Waals surface area (Å²) in [6.07, 6.45) is -0.0740. The molecular weight excluding hydrogens is 450 g/mol. The van der Waals surface area contributed by atoms with Crippen LogP contribution < -0.4 is 10.2 Å². The number of anilines is 1.